The molecule has 0 amide bonds. The summed E-state index contributed by atoms with van der Waals surface area (Å²) in [5.41, 5.74) is 0.304. The summed E-state index contributed by atoms with van der Waals surface area (Å²) in [6.45, 7) is 4.44. The third kappa shape index (κ3) is 11.1. The molecule has 4 nitrogen and oxygen atoms in total. The van der Waals surface area contributed by atoms with E-state index in [1.165, 1.54) is 44.9 Å². The van der Waals surface area contributed by atoms with Crippen molar-refractivity contribution in [1.29, 1.82) is 0 Å². The van der Waals surface area contributed by atoms with Gasteiger partial charge in [0.05, 0.1) is 12.8 Å². The molecule has 1 saturated carbocycles. The number of allylic oxidation sites excluding steroid dienone is 1. The summed E-state index contributed by atoms with van der Waals surface area (Å²) in [5, 5.41) is 9.60. The number of carboxylic acid groups (broad SMARTS) is 1. The third-order valence-corrected chi connectivity index (χ3v) is 8.04. The van der Waals surface area contributed by atoms with E-state index in [9.17, 15) is 14.5 Å². The zero-order valence-corrected chi connectivity index (χ0v) is 18.5. The van der Waals surface area contributed by atoms with Gasteiger partial charge in [0, 0.05) is 11.7 Å². The first-order valence-corrected chi connectivity index (χ1v) is 13.2. The molecule has 5 heteroatoms. The molecule has 0 heterocycles. The molecule has 0 bridgehead atoms. The van der Waals surface area contributed by atoms with Crippen molar-refractivity contribution in [3.8, 4) is 0 Å². The highest BCUT2D eigenvalue weighted by molar-refractivity contribution is 7.59. The van der Waals surface area contributed by atoms with E-state index in [4.69, 9.17) is 4.52 Å². The number of carboxylic acids is 1. The SMILES string of the molecule is CCCCCCCCCCP(=O)(C/C(=C\C1CCCCC1)C(=O)O)OCC. The van der Waals surface area contributed by atoms with Crippen molar-refractivity contribution in [2.45, 2.75) is 97.3 Å². The van der Waals surface area contributed by atoms with E-state index < -0.39 is 13.3 Å². The molecule has 158 valence electrons. The van der Waals surface area contributed by atoms with Crippen LogP contribution in [0.5, 0.6) is 0 Å². The maximum Gasteiger partial charge on any atom is 0.331 e. The fraction of sp³-hybridized carbons (Fsp3) is 0.864. The van der Waals surface area contributed by atoms with E-state index in [0.29, 0.717) is 24.3 Å². The molecule has 1 rings (SSSR count). The highest BCUT2D eigenvalue weighted by Crippen LogP contribution is 2.49. The normalized spacial score (nSPS) is 18.4. The van der Waals surface area contributed by atoms with Crippen LogP contribution in [-0.4, -0.2) is 30.0 Å². The quantitative estimate of drug-likeness (QED) is 0.182. The minimum atomic E-state index is -2.91. The van der Waals surface area contributed by atoms with Crippen LogP contribution in [0.1, 0.15) is 97.3 Å². The second kappa shape index (κ2) is 14.4. The lowest BCUT2D eigenvalue weighted by molar-refractivity contribution is -0.132. The molecule has 27 heavy (non-hydrogen) atoms. The number of aliphatic carboxylic acids is 1. The second-order valence-corrected chi connectivity index (χ2v) is 10.6. The van der Waals surface area contributed by atoms with Crippen molar-refractivity contribution in [2.75, 3.05) is 18.9 Å². The molecule has 0 aromatic carbocycles. The minimum absolute atomic E-state index is 0.0865. The number of unbranched alkanes of at least 4 members (excludes halogenated alkanes) is 7. The predicted octanol–water partition coefficient (Wildman–Crippen LogP) is 7.03. The Morgan fingerprint density at radius 3 is 2.15 bits per heavy atom. The molecule has 1 fully saturated rings. The third-order valence-electron chi connectivity index (χ3n) is 5.49. The Labute approximate surface area is 166 Å². The summed E-state index contributed by atoms with van der Waals surface area (Å²) in [6.07, 6.45) is 17.6. The molecular formula is C22H41O4P. The van der Waals surface area contributed by atoms with Crippen LogP contribution in [0.2, 0.25) is 0 Å². The van der Waals surface area contributed by atoms with Crippen molar-refractivity contribution in [3.63, 3.8) is 0 Å². The number of hydrogen-bond donors (Lipinski definition) is 1. The Balaban J connectivity index is 2.50. The Bertz CT molecular complexity index is 481. The van der Waals surface area contributed by atoms with E-state index in [2.05, 4.69) is 6.92 Å². The molecule has 0 radical (unpaired) electrons. The van der Waals surface area contributed by atoms with Gasteiger partial charge in [-0.2, -0.15) is 0 Å². The Hall–Kier alpha value is -0.600. The zero-order chi connectivity index (χ0) is 20.0. The Kier molecular flexibility index (Phi) is 13.0. The van der Waals surface area contributed by atoms with Crippen molar-refractivity contribution >= 4 is 13.3 Å². The van der Waals surface area contributed by atoms with Gasteiger partial charge >= 0.3 is 5.97 Å². The van der Waals surface area contributed by atoms with Crippen molar-refractivity contribution in [1.82, 2.24) is 0 Å². The van der Waals surface area contributed by atoms with Gasteiger partial charge in [-0.05, 0) is 32.1 Å². The molecular weight excluding hydrogens is 359 g/mol. The number of hydrogen-bond acceptors (Lipinski definition) is 3. The molecule has 1 unspecified atom stereocenters. The van der Waals surface area contributed by atoms with Gasteiger partial charge in [-0.3, -0.25) is 4.57 Å². The predicted molar refractivity (Wildman–Crippen MR) is 114 cm³/mol. The van der Waals surface area contributed by atoms with Crippen LogP contribution in [0.4, 0.5) is 0 Å². The van der Waals surface area contributed by atoms with Crippen LogP contribution in [0.15, 0.2) is 11.6 Å². The Morgan fingerprint density at radius 1 is 1.00 bits per heavy atom. The number of rotatable bonds is 15. The molecule has 1 N–H and O–H groups in total. The van der Waals surface area contributed by atoms with Crippen LogP contribution in [0, 0.1) is 5.92 Å². The van der Waals surface area contributed by atoms with E-state index in [1.54, 1.807) is 0 Å². The van der Waals surface area contributed by atoms with Gasteiger partial charge in [-0.15, -0.1) is 0 Å². The Morgan fingerprint density at radius 2 is 1.59 bits per heavy atom. The smallest absolute Gasteiger partial charge is 0.331 e. The summed E-state index contributed by atoms with van der Waals surface area (Å²) >= 11 is 0. The molecule has 0 aromatic heterocycles. The fourth-order valence-electron chi connectivity index (χ4n) is 3.95. The van der Waals surface area contributed by atoms with E-state index in [1.807, 2.05) is 13.0 Å². The van der Waals surface area contributed by atoms with Crippen molar-refractivity contribution in [2.24, 2.45) is 5.92 Å². The number of carbonyl (C=O) groups is 1. The largest absolute Gasteiger partial charge is 0.478 e. The van der Waals surface area contributed by atoms with E-state index in [-0.39, 0.29) is 6.16 Å². The summed E-state index contributed by atoms with van der Waals surface area (Å²) in [7, 11) is -2.91. The van der Waals surface area contributed by atoms with Crippen LogP contribution in [0.25, 0.3) is 0 Å². The lowest BCUT2D eigenvalue weighted by Crippen LogP contribution is -2.13. The molecule has 1 aliphatic rings. The molecule has 0 spiro atoms. The maximum absolute atomic E-state index is 13.2. The van der Waals surface area contributed by atoms with Gasteiger partial charge < -0.3 is 9.63 Å². The van der Waals surface area contributed by atoms with Gasteiger partial charge in [0.15, 0.2) is 0 Å². The van der Waals surface area contributed by atoms with Crippen molar-refractivity contribution in [3.05, 3.63) is 11.6 Å². The lowest BCUT2D eigenvalue weighted by Gasteiger charge is -2.21. The van der Waals surface area contributed by atoms with E-state index in [0.717, 1.165) is 38.5 Å². The molecule has 0 aromatic rings. The molecule has 0 aliphatic heterocycles. The van der Waals surface area contributed by atoms with Crippen LogP contribution in [0.3, 0.4) is 0 Å². The van der Waals surface area contributed by atoms with Gasteiger partial charge in [-0.25, -0.2) is 4.79 Å². The monoisotopic (exact) mass is 400 g/mol. The van der Waals surface area contributed by atoms with Crippen LogP contribution in [-0.2, 0) is 13.9 Å². The highest BCUT2D eigenvalue weighted by atomic mass is 31.2. The summed E-state index contributed by atoms with van der Waals surface area (Å²) in [5.74, 6) is -0.612. The summed E-state index contributed by atoms with van der Waals surface area (Å²) in [4.78, 5) is 11.7. The van der Waals surface area contributed by atoms with Gasteiger partial charge in [0.1, 0.15) is 0 Å². The van der Waals surface area contributed by atoms with Gasteiger partial charge in [0.25, 0.3) is 0 Å². The average molecular weight is 401 g/mol. The van der Waals surface area contributed by atoms with E-state index >= 15 is 0 Å². The minimum Gasteiger partial charge on any atom is -0.478 e. The lowest BCUT2D eigenvalue weighted by atomic mass is 9.88. The maximum atomic E-state index is 13.2. The summed E-state index contributed by atoms with van der Waals surface area (Å²) < 4.78 is 18.8. The van der Waals surface area contributed by atoms with Gasteiger partial charge in [-0.1, -0.05) is 77.2 Å². The second-order valence-electron chi connectivity index (χ2n) is 7.98. The summed E-state index contributed by atoms with van der Waals surface area (Å²) in [6, 6.07) is 0. The van der Waals surface area contributed by atoms with Crippen LogP contribution < -0.4 is 0 Å². The first-order valence-electron chi connectivity index (χ1n) is 11.2. The fourth-order valence-corrected chi connectivity index (χ4v) is 6.26. The molecule has 1 atom stereocenters. The first-order chi connectivity index (χ1) is 13.0. The molecule has 0 saturated heterocycles. The standard InChI is InChI=1S/C22H41O4P/c1-3-5-6-7-8-9-10-14-17-27(25,26-4-2)19-21(22(23)24)18-20-15-12-11-13-16-20/h18,20H,3-17,19H2,1-2H3,(H,23,24)/b21-18+. The molecule has 1 aliphatic carbocycles. The van der Waals surface area contributed by atoms with Crippen LogP contribution >= 0.6 is 7.37 Å². The average Bonchev–Trinajstić information content (AvgIpc) is 2.64. The first kappa shape index (κ1) is 24.4. The van der Waals surface area contributed by atoms with Crippen molar-refractivity contribution < 1.29 is 19.0 Å². The van der Waals surface area contributed by atoms with Gasteiger partial charge in [0.2, 0.25) is 7.37 Å². The highest BCUT2D eigenvalue weighted by Gasteiger charge is 2.27. The topological polar surface area (TPSA) is 63.6 Å². The zero-order valence-electron chi connectivity index (χ0n) is 17.6.